The van der Waals surface area contributed by atoms with Gasteiger partial charge in [-0.2, -0.15) is 0 Å². The molecule has 0 aromatic carbocycles. The van der Waals surface area contributed by atoms with Crippen molar-refractivity contribution in [3.05, 3.63) is 19.8 Å². The second-order valence-electron chi connectivity index (χ2n) is 4.57. The van der Waals surface area contributed by atoms with E-state index in [9.17, 15) is 9.59 Å². The number of carboxylic acids is 1. The van der Waals surface area contributed by atoms with Gasteiger partial charge in [-0.3, -0.25) is 9.59 Å². The zero-order chi connectivity index (χ0) is 13.2. The highest BCUT2D eigenvalue weighted by Gasteiger charge is 2.26. The summed E-state index contributed by atoms with van der Waals surface area (Å²) in [5.41, 5.74) is -0.550. The third kappa shape index (κ3) is 4.41. The van der Waals surface area contributed by atoms with Crippen LogP contribution in [0.1, 0.15) is 36.4 Å². The van der Waals surface area contributed by atoms with Gasteiger partial charge in [-0.05, 0) is 27.4 Å². The largest absolute Gasteiger partial charge is 0.481 e. The van der Waals surface area contributed by atoms with Crippen LogP contribution in [0.15, 0.2) is 10.5 Å². The summed E-state index contributed by atoms with van der Waals surface area (Å²) in [6.45, 7) is 3.53. The molecule has 1 aromatic rings. The number of carbonyl (C=O) groups is 2. The smallest absolute Gasteiger partial charge is 0.303 e. The zero-order valence-corrected chi connectivity index (χ0v) is 12.6. The molecule has 1 heterocycles. The van der Waals surface area contributed by atoms with Crippen LogP contribution in [0, 0.1) is 5.41 Å². The number of aliphatic carboxylic acids is 1. The van der Waals surface area contributed by atoms with Crippen molar-refractivity contribution in [1.82, 2.24) is 0 Å². The lowest BCUT2D eigenvalue weighted by molar-refractivity contribution is -0.139. The molecule has 0 saturated carbocycles. The predicted octanol–water partition coefficient (Wildman–Crippen LogP) is 4.24. The van der Waals surface area contributed by atoms with Crippen molar-refractivity contribution in [3.8, 4) is 0 Å². The van der Waals surface area contributed by atoms with Crippen molar-refractivity contribution < 1.29 is 14.7 Å². The van der Waals surface area contributed by atoms with Gasteiger partial charge in [-0.15, -0.1) is 11.3 Å². The first-order valence-electron chi connectivity index (χ1n) is 4.91. The Morgan fingerprint density at radius 2 is 2.06 bits per heavy atom. The van der Waals surface area contributed by atoms with E-state index in [1.54, 1.807) is 19.9 Å². The Morgan fingerprint density at radius 1 is 1.47 bits per heavy atom. The van der Waals surface area contributed by atoms with E-state index < -0.39 is 11.4 Å². The van der Waals surface area contributed by atoms with Crippen molar-refractivity contribution in [1.29, 1.82) is 0 Å². The average Bonchev–Trinajstić information content (AvgIpc) is 2.43. The molecule has 0 atom stereocenters. The first-order chi connectivity index (χ1) is 7.71. The fourth-order valence-electron chi connectivity index (χ4n) is 1.48. The molecule has 0 aliphatic rings. The fraction of sp³-hybridized carbons (Fsp3) is 0.455. The third-order valence-corrected chi connectivity index (χ3v) is 4.70. The summed E-state index contributed by atoms with van der Waals surface area (Å²) < 4.78 is 1.23. The number of rotatable bonds is 5. The van der Waals surface area contributed by atoms with E-state index in [4.69, 9.17) is 16.7 Å². The van der Waals surface area contributed by atoms with Gasteiger partial charge in [0.25, 0.3) is 0 Å². The second-order valence-corrected chi connectivity index (χ2v) is 7.08. The maximum Gasteiger partial charge on any atom is 0.303 e. The Kier molecular flexibility index (Phi) is 4.75. The van der Waals surface area contributed by atoms with Gasteiger partial charge in [0, 0.05) is 10.9 Å². The van der Waals surface area contributed by atoms with Crippen LogP contribution >= 0.6 is 38.9 Å². The number of halogens is 2. The van der Waals surface area contributed by atoms with E-state index in [2.05, 4.69) is 15.9 Å². The molecule has 94 valence electrons. The van der Waals surface area contributed by atoms with Crippen molar-refractivity contribution >= 4 is 50.6 Å². The van der Waals surface area contributed by atoms with Crippen molar-refractivity contribution in [2.45, 2.75) is 26.7 Å². The molecular weight excluding hydrogens is 328 g/mol. The van der Waals surface area contributed by atoms with Gasteiger partial charge in [0.15, 0.2) is 5.78 Å². The molecule has 0 fully saturated rings. The van der Waals surface area contributed by atoms with Gasteiger partial charge in [0.05, 0.1) is 11.3 Å². The van der Waals surface area contributed by atoms with Crippen molar-refractivity contribution in [3.63, 3.8) is 0 Å². The van der Waals surface area contributed by atoms with Crippen LogP contribution in [0.5, 0.6) is 0 Å². The van der Waals surface area contributed by atoms with Crippen molar-refractivity contribution in [2.75, 3.05) is 0 Å². The molecular formula is C11H12BrClO3S. The molecule has 0 radical (unpaired) electrons. The summed E-state index contributed by atoms with van der Waals surface area (Å²) in [4.78, 5) is 23.2. The van der Waals surface area contributed by atoms with Crippen LogP contribution in [0.3, 0.4) is 0 Å². The maximum absolute atomic E-state index is 11.9. The number of ketones is 1. The van der Waals surface area contributed by atoms with Crippen LogP contribution < -0.4 is 0 Å². The van der Waals surface area contributed by atoms with E-state index in [-0.39, 0.29) is 18.6 Å². The Balaban J connectivity index is 2.75. The van der Waals surface area contributed by atoms with Crippen LogP contribution in [0.4, 0.5) is 0 Å². The molecule has 0 spiro atoms. The highest BCUT2D eigenvalue weighted by Crippen LogP contribution is 2.35. The normalized spacial score (nSPS) is 11.5. The van der Waals surface area contributed by atoms with Crippen LogP contribution in [-0.2, 0) is 4.79 Å². The SMILES string of the molecule is CC(C)(CC(=O)O)CC(=O)c1cc(Br)c(Cl)s1. The first kappa shape index (κ1) is 14.7. The Bertz CT molecular complexity index is 434. The molecule has 0 aliphatic carbocycles. The summed E-state index contributed by atoms with van der Waals surface area (Å²) in [6.07, 6.45) is 0.168. The topological polar surface area (TPSA) is 54.4 Å². The molecule has 0 unspecified atom stereocenters. The summed E-state index contributed by atoms with van der Waals surface area (Å²) in [7, 11) is 0. The summed E-state index contributed by atoms with van der Waals surface area (Å²) >= 11 is 10.3. The lowest BCUT2D eigenvalue weighted by atomic mass is 9.84. The number of thiophene rings is 1. The van der Waals surface area contributed by atoms with Crippen molar-refractivity contribution in [2.24, 2.45) is 5.41 Å². The third-order valence-electron chi connectivity index (χ3n) is 2.19. The minimum absolute atomic E-state index is 0.0288. The molecule has 0 aliphatic heterocycles. The van der Waals surface area contributed by atoms with Gasteiger partial charge in [-0.25, -0.2) is 0 Å². The molecule has 17 heavy (non-hydrogen) atoms. The predicted molar refractivity (Wildman–Crippen MR) is 72.0 cm³/mol. The van der Waals surface area contributed by atoms with Gasteiger partial charge >= 0.3 is 5.97 Å². The van der Waals surface area contributed by atoms with Gasteiger partial charge < -0.3 is 5.11 Å². The Hall–Kier alpha value is -0.390. The lowest BCUT2D eigenvalue weighted by Crippen LogP contribution is -2.20. The van der Waals surface area contributed by atoms with E-state index >= 15 is 0 Å². The molecule has 1 aromatic heterocycles. The lowest BCUT2D eigenvalue weighted by Gasteiger charge is -2.20. The van der Waals surface area contributed by atoms with E-state index in [1.807, 2.05) is 0 Å². The number of Topliss-reactive ketones (excluding diaryl/α,β-unsaturated/α-hetero) is 1. The van der Waals surface area contributed by atoms with Gasteiger partial charge in [0.1, 0.15) is 4.34 Å². The minimum Gasteiger partial charge on any atom is -0.481 e. The molecule has 1 N–H and O–H groups in total. The second kappa shape index (κ2) is 5.50. The Labute approximate surface area is 117 Å². The minimum atomic E-state index is -0.895. The number of carbonyl (C=O) groups excluding carboxylic acids is 1. The molecule has 0 amide bonds. The summed E-state index contributed by atoms with van der Waals surface area (Å²) in [5.74, 6) is -0.970. The van der Waals surface area contributed by atoms with E-state index in [0.29, 0.717) is 13.7 Å². The van der Waals surface area contributed by atoms with Crippen LogP contribution in [0.2, 0.25) is 4.34 Å². The number of carboxylic acid groups (broad SMARTS) is 1. The fourth-order valence-corrected chi connectivity index (χ4v) is 3.12. The number of hydrogen-bond donors (Lipinski definition) is 1. The van der Waals surface area contributed by atoms with Gasteiger partial charge in [0.2, 0.25) is 0 Å². The molecule has 0 bridgehead atoms. The summed E-state index contributed by atoms with van der Waals surface area (Å²) in [5, 5.41) is 8.74. The highest BCUT2D eigenvalue weighted by atomic mass is 79.9. The van der Waals surface area contributed by atoms with E-state index in [0.717, 1.165) is 0 Å². The number of hydrogen-bond acceptors (Lipinski definition) is 3. The zero-order valence-electron chi connectivity index (χ0n) is 9.42. The summed E-state index contributed by atoms with van der Waals surface area (Å²) in [6, 6.07) is 1.67. The van der Waals surface area contributed by atoms with E-state index in [1.165, 1.54) is 11.3 Å². The molecule has 6 heteroatoms. The maximum atomic E-state index is 11.9. The molecule has 0 saturated heterocycles. The standard InChI is InChI=1S/C11H12BrClO3S/c1-11(2,5-9(15)16)4-7(14)8-3-6(12)10(13)17-8/h3H,4-5H2,1-2H3,(H,15,16). The highest BCUT2D eigenvalue weighted by molar-refractivity contribution is 9.10. The Morgan fingerprint density at radius 3 is 2.47 bits per heavy atom. The van der Waals surface area contributed by atoms with Gasteiger partial charge in [-0.1, -0.05) is 25.4 Å². The average molecular weight is 340 g/mol. The van der Waals surface area contributed by atoms with Crippen LogP contribution in [0.25, 0.3) is 0 Å². The quantitative estimate of drug-likeness (QED) is 0.816. The molecule has 1 rings (SSSR count). The van der Waals surface area contributed by atoms with Crippen LogP contribution in [-0.4, -0.2) is 16.9 Å². The first-order valence-corrected chi connectivity index (χ1v) is 6.90. The molecule has 3 nitrogen and oxygen atoms in total. The monoisotopic (exact) mass is 338 g/mol.